The molecule has 0 aliphatic carbocycles. The quantitative estimate of drug-likeness (QED) is 0.564. The molecule has 0 radical (unpaired) electrons. The van der Waals surface area contributed by atoms with Crippen molar-refractivity contribution in [3.63, 3.8) is 0 Å². The van der Waals surface area contributed by atoms with Gasteiger partial charge in [0.05, 0.1) is 18.3 Å². The first-order valence-corrected chi connectivity index (χ1v) is 10.7. The third kappa shape index (κ3) is 4.27. The summed E-state index contributed by atoms with van der Waals surface area (Å²) in [5.74, 6) is -1.52. The van der Waals surface area contributed by atoms with Gasteiger partial charge < -0.3 is 31.3 Å². The number of likely N-dealkylation sites (tertiary alicyclic amines) is 1. The van der Waals surface area contributed by atoms with Gasteiger partial charge in [0.15, 0.2) is 0 Å². The zero-order chi connectivity index (χ0) is 23.8. The summed E-state index contributed by atoms with van der Waals surface area (Å²) in [5.41, 5.74) is 10.4. The number of nitrogens with zero attached hydrogens (tertiary/aromatic N) is 2. The number of para-hydroxylation sites is 2. The van der Waals surface area contributed by atoms with Crippen molar-refractivity contribution in [2.24, 2.45) is 17.4 Å². The van der Waals surface area contributed by atoms with Gasteiger partial charge >= 0.3 is 0 Å². The minimum Gasteiger partial charge on any atom is -0.473 e. The molecule has 2 aliphatic rings. The molecule has 174 valence electrons. The molecule has 4 amide bonds. The fraction of sp³-hybridized carbons (Fsp3) is 0.545. The fourth-order valence-electron chi connectivity index (χ4n) is 4.29. The van der Waals surface area contributed by atoms with Crippen molar-refractivity contribution in [1.82, 2.24) is 9.80 Å². The van der Waals surface area contributed by atoms with Crippen LogP contribution in [-0.4, -0.2) is 70.7 Å². The lowest BCUT2D eigenvalue weighted by Gasteiger charge is -2.36. The van der Waals surface area contributed by atoms with Gasteiger partial charge in [-0.15, -0.1) is 0 Å². The third-order valence-corrected chi connectivity index (χ3v) is 5.98. The number of amides is 4. The van der Waals surface area contributed by atoms with Crippen LogP contribution in [0.5, 0.6) is 5.75 Å². The summed E-state index contributed by atoms with van der Waals surface area (Å²) < 4.78 is 6.05. The number of fused-ring (bicyclic) bond motifs is 1. The van der Waals surface area contributed by atoms with Crippen molar-refractivity contribution < 1.29 is 23.9 Å². The molecule has 5 N–H and O–H groups in total. The molecule has 1 spiro atoms. The maximum Gasteiger partial charge on any atom is 0.270 e. The molecule has 4 atom stereocenters. The molecular weight excluding hydrogens is 414 g/mol. The smallest absolute Gasteiger partial charge is 0.270 e. The van der Waals surface area contributed by atoms with Crippen LogP contribution in [0.4, 0.5) is 5.69 Å². The molecule has 0 saturated carbocycles. The second-order valence-corrected chi connectivity index (χ2v) is 9.02. The average molecular weight is 446 g/mol. The number of anilines is 1. The van der Waals surface area contributed by atoms with E-state index < -0.39 is 47.4 Å². The van der Waals surface area contributed by atoms with Gasteiger partial charge in [0.2, 0.25) is 23.3 Å². The molecule has 10 heteroatoms. The topological polar surface area (TPSA) is 148 Å². The number of likely N-dealkylation sites (N-methyl/N-ethyl adjacent to an activating group) is 1. The first-order chi connectivity index (χ1) is 15.0. The van der Waals surface area contributed by atoms with Crippen LogP contribution in [0.3, 0.4) is 0 Å². The van der Waals surface area contributed by atoms with Crippen LogP contribution >= 0.6 is 0 Å². The van der Waals surface area contributed by atoms with Crippen LogP contribution in [0, 0.1) is 5.92 Å². The predicted molar refractivity (Wildman–Crippen MR) is 117 cm³/mol. The standard InChI is InChI=1S/C22H31N5O5/c1-12(2)9-15(26(4)19(29)13(3)23)20(30)27-11-22(10-16(27)18(24)28)21(31)25-14-7-5-6-8-17(14)32-22/h5-8,12-13,15-16H,9-11,23H2,1-4H3,(H2,24,28)(H,25,31)/t13-,15-,16-,22?/m0/s1. The lowest BCUT2D eigenvalue weighted by atomic mass is 9.96. The van der Waals surface area contributed by atoms with E-state index in [2.05, 4.69) is 5.32 Å². The SMILES string of the molecule is CC(C)C[C@@H](C(=O)N1CC2(C[C@H]1C(N)=O)Oc1ccccc1NC2=O)N(C)C(=O)[C@H](C)N. The van der Waals surface area contributed by atoms with Gasteiger partial charge in [0.1, 0.15) is 17.8 Å². The molecular formula is C22H31N5O5. The largest absolute Gasteiger partial charge is 0.473 e. The van der Waals surface area contributed by atoms with E-state index in [1.807, 2.05) is 13.8 Å². The summed E-state index contributed by atoms with van der Waals surface area (Å²) in [6.45, 7) is 5.24. The number of carbonyl (C=O) groups excluding carboxylic acids is 4. The number of nitrogens with one attached hydrogen (secondary N) is 1. The van der Waals surface area contributed by atoms with Crippen molar-refractivity contribution >= 4 is 29.3 Å². The van der Waals surface area contributed by atoms with E-state index >= 15 is 0 Å². The Bertz CT molecular complexity index is 933. The first kappa shape index (κ1) is 23.5. The predicted octanol–water partition coefficient (Wildman–Crippen LogP) is 0.0628. The van der Waals surface area contributed by atoms with Crippen LogP contribution in [-0.2, 0) is 19.2 Å². The summed E-state index contributed by atoms with van der Waals surface area (Å²) in [7, 11) is 1.52. The number of primary amides is 1. The van der Waals surface area contributed by atoms with Gasteiger partial charge in [-0.05, 0) is 31.4 Å². The van der Waals surface area contributed by atoms with Crippen molar-refractivity contribution in [2.75, 3.05) is 18.9 Å². The Morgan fingerprint density at radius 3 is 2.53 bits per heavy atom. The first-order valence-electron chi connectivity index (χ1n) is 10.7. The van der Waals surface area contributed by atoms with Crippen LogP contribution < -0.4 is 21.5 Å². The van der Waals surface area contributed by atoms with Crippen molar-refractivity contribution in [2.45, 2.75) is 57.3 Å². The van der Waals surface area contributed by atoms with Crippen molar-refractivity contribution in [3.05, 3.63) is 24.3 Å². The number of carbonyl (C=O) groups is 4. The molecule has 2 aliphatic heterocycles. The van der Waals surface area contributed by atoms with E-state index in [9.17, 15) is 19.2 Å². The van der Waals surface area contributed by atoms with E-state index in [-0.39, 0.29) is 18.9 Å². The van der Waals surface area contributed by atoms with Crippen LogP contribution in [0.25, 0.3) is 0 Å². The van der Waals surface area contributed by atoms with Gasteiger partial charge in [0, 0.05) is 13.5 Å². The van der Waals surface area contributed by atoms with Gasteiger partial charge in [0.25, 0.3) is 5.91 Å². The molecule has 2 heterocycles. The summed E-state index contributed by atoms with van der Waals surface area (Å²) in [5, 5.41) is 2.79. The number of nitrogens with two attached hydrogens (primary N) is 2. The van der Waals surface area contributed by atoms with Crippen LogP contribution in [0.15, 0.2) is 24.3 Å². The number of hydrogen-bond acceptors (Lipinski definition) is 6. The highest BCUT2D eigenvalue weighted by Crippen LogP contribution is 2.40. The monoisotopic (exact) mass is 445 g/mol. The third-order valence-electron chi connectivity index (χ3n) is 5.98. The molecule has 10 nitrogen and oxygen atoms in total. The Hall–Kier alpha value is -3.14. The minimum absolute atomic E-state index is 0.0758. The highest BCUT2D eigenvalue weighted by atomic mass is 16.5. The van der Waals surface area contributed by atoms with E-state index in [0.29, 0.717) is 17.9 Å². The molecule has 1 unspecified atom stereocenters. The molecule has 3 rings (SSSR count). The van der Waals surface area contributed by atoms with Crippen molar-refractivity contribution in [3.8, 4) is 5.75 Å². The van der Waals surface area contributed by atoms with Gasteiger partial charge in [-0.1, -0.05) is 26.0 Å². The summed E-state index contributed by atoms with van der Waals surface area (Å²) in [6.07, 6.45) is 0.284. The second-order valence-electron chi connectivity index (χ2n) is 9.02. The molecule has 1 aromatic carbocycles. The normalized spacial score (nSPS) is 23.9. The maximum atomic E-state index is 13.6. The van der Waals surface area contributed by atoms with Gasteiger partial charge in [-0.2, -0.15) is 0 Å². The Kier molecular flexibility index (Phi) is 6.45. The molecule has 0 bridgehead atoms. The minimum atomic E-state index is -1.45. The zero-order valence-electron chi connectivity index (χ0n) is 18.8. The summed E-state index contributed by atoms with van der Waals surface area (Å²) >= 11 is 0. The number of rotatable bonds is 6. The second kappa shape index (κ2) is 8.78. The zero-order valence-corrected chi connectivity index (χ0v) is 18.8. The van der Waals surface area contributed by atoms with E-state index in [1.165, 1.54) is 16.8 Å². The highest BCUT2D eigenvalue weighted by Gasteiger charge is 2.57. The number of ether oxygens (including phenoxy) is 1. The summed E-state index contributed by atoms with van der Waals surface area (Å²) in [4.78, 5) is 54.0. The van der Waals surface area contributed by atoms with E-state index in [4.69, 9.17) is 16.2 Å². The average Bonchev–Trinajstić information content (AvgIpc) is 3.12. The van der Waals surface area contributed by atoms with E-state index in [1.54, 1.807) is 31.2 Å². The molecule has 1 aromatic rings. The molecule has 32 heavy (non-hydrogen) atoms. The maximum absolute atomic E-state index is 13.6. The Morgan fingerprint density at radius 2 is 1.94 bits per heavy atom. The summed E-state index contributed by atoms with van der Waals surface area (Å²) in [6, 6.07) is 4.24. The number of hydrogen-bond donors (Lipinski definition) is 3. The molecule has 1 fully saturated rings. The Labute approximate surface area is 187 Å². The number of benzene rings is 1. The van der Waals surface area contributed by atoms with Crippen molar-refractivity contribution in [1.29, 1.82) is 0 Å². The lowest BCUT2D eigenvalue weighted by Crippen LogP contribution is -2.57. The fourth-order valence-corrected chi connectivity index (χ4v) is 4.29. The molecule has 0 aromatic heterocycles. The van der Waals surface area contributed by atoms with E-state index in [0.717, 1.165) is 0 Å². The highest BCUT2D eigenvalue weighted by molar-refractivity contribution is 6.03. The van der Waals surface area contributed by atoms with Gasteiger partial charge in [-0.25, -0.2) is 0 Å². The van der Waals surface area contributed by atoms with Crippen LogP contribution in [0.1, 0.15) is 33.6 Å². The lowest BCUT2D eigenvalue weighted by molar-refractivity contribution is -0.148. The van der Waals surface area contributed by atoms with Crippen LogP contribution in [0.2, 0.25) is 0 Å². The Balaban J connectivity index is 1.94. The Morgan fingerprint density at radius 1 is 1.28 bits per heavy atom. The molecule has 1 saturated heterocycles. The van der Waals surface area contributed by atoms with Gasteiger partial charge in [-0.3, -0.25) is 19.2 Å².